The van der Waals surface area contributed by atoms with E-state index in [0.29, 0.717) is 17.8 Å². The second-order valence-electron chi connectivity index (χ2n) is 4.63. The molecule has 1 heterocycles. The summed E-state index contributed by atoms with van der Waals surface area (Å²) in [5.74, 6) is -1.06. The van der Waals surface area contributed by atoms with Crippen molar-refractivity contribution in [2.24, 2.45) is 5.73 Å². The van der Waals surface area contributed by atoms with Gasteiger partial charge in [-0.3, -0.25) is 9.48 Å². The number of halogens is 1. The third-order valence-electron chi connectivity index (χ3n) is 3.15. The van der Waals surface area contributed by atoms with Crippen LogP contribution in [0.3, 0.4) is 0 Å². The van der Waals surface area contributed by atoms with E-state index in [9.17, 15) is 9.18 Å². The van der Waals surface area contributed by atoms with Crippen LogP contribution < -0.4 is 5.73 Å². The van der Waals surface area contributed by atoms with Crippen molar-refractivity contribution in [3.05, 3.63) is 40.8 Å². The molecule has 2 rings (SSSR count). The molecule has 106 valence electrons. The van der Waals surface area contributed by atoms with Gasteiger partial charge in [-0.15, -0.1) is 0 Å². The molecule has 0 bridgehead atoms. The van der Waals surface area contributed by atoms with Gasteiger partial charge in [-0.2, -0.15) is 5.10 Å². The van der Waals surface area contributed by atoms with Gasteiger partial charge in [-0.1, -0.05) is 0 Å². The number of carbonyl (C=O) groups excluding carboxylic acids is 1. The van der Waals surface area contributed by atoms with Gasteiger partial charge >= 0.3 is 0 Å². The summed E-state index contributed by atoms with van der Waals surface area (Å²) in [6.07, 6.45) is 0. The Labute approximate surface area is 115 Å². The van der Waals surface area contributed by atoms with E-state index in [-0.39, 0.29) is 17.7 Å². The fourth-order valence-electron chi connectivity index (χ4n) is 2.10. The quantitative estimate of drug-likeness (QED) is 0.886. The first-order chi connectivity index (χ1) is 9.43. The molecule has 3 N–H and O–H groups in total. The fraction of sp³-hybridized carbons (Fsp3) is 0.286. The molecule has 2 aromatic rings. The summed E-state index contributed by atoms with van der Waals surface area (Å²) in [5, 5.41) is 13.2. The van der Waals surface area contributed by atoms with E-state index < -0.39 is 11.7 Å². The third kappa shape index (κ3) is 2.55. The van der Waals surface area contributed by atoms with E-state index >= 15 is 0 Å². The Morgan fingerprint density at radius 1 is 1.40 bits per heavy atom. The van der Waals surface area contributed by atoms with E-state index in [4.69, 9.17) is 10.8 Å². The van der Waals surface area contributed by atoms with Crippen LogP contribution in [0.2, 0.25) is 0 Å². The number of nitrogens with zero attached hydrogens (tertiary/aromatic N) is 2. The lowest BCUT2D eigenvalue weighted by atomic mass is 10.0. The van der Waals surface area contributed by atoms with Gasteiger partial charge in [0.15, 0.2) is 0 Å². The molecular formula is C14H16FN3O2. The summed E-state index contributed by atoms with van der Waals surface area (Å²) < 4.78 is 15.6. The molecule has 0 aliphatic heterocycles. The van der Waals surface area contributed by atoms with Gasteiger partial charge in [0.25, 0.3) is 0 Å². The molecule has 0 saturated heterocycles. The molecule has 0 unspecified atom stereocenters. The SMILES string of the molecule is Cc1cc(F)c(-c2cc(C)n(CCO)n2)cc1C(N)=O. The predicted octanol–water partition coefficient (Wildman–Crippen LogP) is 1.40. The second-order valence-corrected chi connectivity index (χ2v) is 4.63. The molecule has 0 aliphatic carbocycles. The van der Waals surface area contributed by atoms with Crippen LogP contribution in [-0.2, 0) is 6.54 Å². The monoisotopic (exact) mass is 277 g/mol. The number of aliphatic hydroxyl groups excluding tert-OH is 1. The van der Waals surface area contributed by atoms with Crippen LogP contribution in [-0.4, -0.2) is 27.4 Å². The number of carbonyl (C=O) groups is 1. The number of aromatic nitrogens is 2. The van der Waals surface area contributed by atoms with Crippen molar-refractivity contribution in [2.75, 3.05) is 6.61 Å². The predicted molar refractivity (Wildman–Crippen MR) is 72.7 cm³/mol. The summed E-state index contributed by atoms with van der Waals surface area (Å²) in [5.41, 5.74) is 7.48. The maximum atomic E-state index is 14.1. The highest BCUT2D eigenvalue weighted by molar-refractivity contribution is 5.95. The lowest BCUT2D eigenvalue weighted by Crippen LogP contribution is -2.13. The van der Waals surface area contributed by atoms with Gasteiger partial charge in [-0.25, -0.2) is 4.39 Å². The van der Waals surface area contributed by atoms with Gasteiger partial charge in [0.05, 0.1) is 18.8 Å². The van der Waals surface area contributed by atoms with Crippen LogP contribution in [0.5, 0.6) is 0 Å². The second kappa shape index (κ2) is 5.42. The van der Waals surface area contributed by atoms with E-state index in [1.165, 1.54) is 12.1 Å². The number of nitrogens with two attached hydrogens (primary N) is 1. The minimum absolute atomic E-state index is 0.0507. The topological polar surface area (TPSA) is 81.1 Å². The van der Waals surface area contributed by atoms with Crippen molar-refractivity contribution in [1.29, 1.82) is 0 Å². The Kier molecular flexibility index (Phi) is 3.85. The van der Waals surface area contributed by atoms with Gasteiger partial charge in [-0.05, 0) is 37.6 Å². The van der Waals surface area contributed by atoms with Gasteiger partial charge in [0, 0.05) is 16.8 Å². The number of aliphatic hydroxyl groups is 1. The Morgan fingerprint density at radius 2 is 2.10 bits per heavy atom. The molecule has 0 fully saturated rings. The minimum Gasteiger partial charge on any atom is -0.394 e. The lowest BCUT2D eigenvalue weighted by molar-refractivity contribution is 0.0999. The van der Waals surface area contributed by atoms with Crippen LogP contribution in [0.25, 0.3) is 11.3 Å². The molecule has 0 saturated carbocycles. The van der Waals surface area contributed by atoms with Crippen molar-refractivity contribution < 1.29 is 14.3 Å². The average molecular weight is 277 g/mol. The Hall–Kier alpha value is -2.21. The zero-order valence-electron chi connectivity index (χ0n) is 11.4. The van der Waals surface area contributed by atoms with Crippen LogP contribution in [0.15, 0.2) is 18.2 Å². The molecule has 0 atom stereocenters. The standard InChI is InChI=1S/C14H16FN3O2/c1-8-5-12(15)11(7-10(8)14(16)20)13-6-9(2)18(17-13)3-4-19/h5-7,19H,3-4H2,1-2H3,(H2,16,20). The van der Waals surface area contributed by atoms with Crippen molar-refractivity contribution in [1.82, 2.24) is 9.78 Å². The number of benzene rings is 1. The van der Waals surface area contributed by atoms with Gasteiger partial charge < -0.3 is 10.8 Å². The maximum Gasteiger partial charge on any atom is 0.248 e. The molecule has 1 aromatic heterocycles. The summed E-state index contributed by atoms with van der Waals surface area (Å²) in [6.45, 7) is 3.72. The van der Waals surface area contributed by atoms with E-state index in [0.717, 1.165) is 5.69 Å². The van der Waals surface area contributed by atoms with Crippen molar-refractivity contribution >= 4 is 5.91 Å². The first-order valence-electron chi connectivity index (χ1n) is 6.19. The molecule has 1 amide bonds. The number of hydrogen-bond donors (Lipinski definition) is 2. The minimum atomic E-state index is -0.602. The summed E-state index contributed by atoms with van der Waals surface area (Å²) in [6, 6.07) is 4.39. The Bertz CT molecular complexity index is 665. The number of amides is 1. The highest BCUT2D eigenvalue weighted by atomic mass is 19.1. The van der Waals surface area contributed by atoms with Crippen molar-refractivity contribution in [3.8, 4) is 11.3 Å². The molecular weight excluding hydrogens is 261 g/mol. The molecule has 5 nitrogen and oxygen atoms in total. The van der Waals surface area contributed by atoms with Crippen LogP contribution in [0.1, 0.15) is 21.6 Å². The van der Waals surface area contributed by atoms with Crippen LogP contribution in [0.4, 0.5) is 4.39 Å². The van der Waals surface area contributed by atoms with E-state index in [1.807, 2.05) is 6.92 Å². The summed E-state index contributed by atoms with van der Waals surface area (Å²) in [4.78, 5) is 11.3. The summed E-state index contributed by atoms with van der Waals surface area (Å²) >= 11 is 0. The highest BCUT2D eigenvalue weighted by Gasteiger charge is 2.15. The largest absolute Gasteiger partial charge is 0.394 e. The maximum absolute atomic E-state index is 14.1. The first kappa shape index (κ1) is 14.2. The zero-order valence-corrected chi connectivity index (χ0v) is 11.4. The van der Waals surface area contributed by atoms with E-state index in [2.05, 4.69) is 5.10 Å². The number of hydrogen-bond acceptors (Lipinski definition) is 3. The van der Waals surface area contributed by atoms with Crippen LogP contribution in [0, 0.1) is 19.7 Å². The molecule has 6 heteroatoms. The van der Waals surface area contributed by atoms with Crippen molar-refractivity contribution in [2.45, 2.75) is 20.4 Å². The smallest absolute Gasteiger partial charge is 0.248 e. The van der Waals surface area contributed by atoms with Gasteiger partial charge in [0.1, 0.15) is 5.82 Å². The zero-order chi connectivity index (χ0) is 14.9. The lowest BCUT2D eigenvalue weighted by Gasteiger charge is -2.06. The number of aryl methyl sites for hydroxylation is 2. The summed E-state index contributed by atoms with van der Waals surface area (Å²) in [7, 11) is 0. The van der Waals surface area contributed by atoms with E-state index in [1.54, 1.807) is 17.7 Å². The van der Waals surface area contributed by atoms with Crippen molar-refractivity contribution in [3.63, 3.8) is 0 Å². The molecule has 0 spiro atoms. The fourth-order valence-corrected chi connectivity index (χ4v) is 2.10. The molecule has 20 heavy (non-hydrogen) atoms. The average Bonchev–Trinajstić information content (AvgIpc) is 2.71. The number of primary amides is 1. The Balaban J connectivity index is 2.54. The highest BCUT2D eigenvalue weighted by Crippen LogP contribution is 2.25. The normalized spacial score (nSPS) is 10.8. The molecule has 0 radical (unpaired) electrons. The molecule has 0 aliphatic rings. The third-order valence-corrected chi connectivity index (χ3v) is 3.15. The first-order valence-corrected chi connectivity index (χ1v) is 6.19. The Morgan fingerprint density at radius 3 is 2.70 bits per heavy atom. The molecule has 1 aromatic carbocycles. The van der Waals surface area contributed by atoms with Gasteiger partial charge in [0.2, 0.25) is 5.91 Å². The number of rotatable bonds is 4. The van der Waals surface area contributed by atoms with Crippen LogP contribution >= 0.6 is 0 Å².